The Bertz CT molecular complexity index is 530. The quantitative estimate of drug-likeness (QED) is 0.297. The molecule has 0 saturated heterocycles. The van der Waals surface area contributed by atoms with Crippen molar-refractivity contribution >= 4 is 23.4 Å². The minimum Gasteiger partial charge on any atom is -0.457 e. The maximum atomic E-state index is 11.5. The van der Waals surface area contributed by atoms with Crippen molar-refractivity contribution in [3.8, 4) is 0 Å². The van der Waals surface area contributed by atoms with Crippen molar-refractivity contribution in [3.05, 3.63) is 40.0 Å². The zero-order valence-corrected chi connectivity index (χ0v) is 11.0. The van der Waals surface area contributed by atoms with Crippen LogP contribution in [0.2, 0.25) is 0 Å². The Morgan fingerprint density at radius 3 is 2.58 bits per heavy atom. The molecule has 0 aliphatic rings. The van der Waals surface area contributed by atoms with Crippen LogP contribution in [-0.4, -0.2) is 16.5 Å². The van der Waals surface area contributed by atoms with Crippen molar-refractivity contribution in [2.45, 2.75) is 26.4 Å². The Morgan fingerprint density at radius 1 is 1.42 bits per heavy atom. The molecule has 0 radical (unpaired) electrons. The average molecular weight is 264 g/mol. The van der Waals surface area contributed by atoms with Gasteiger partial charge in [0.2, 0.25) is 0 Å². The molecule has 0 heterocycles. The molecule has 1 rings (SSSR count). The van der Waals surface area contributed by atoms with Crippen LogP contribution < -0.4 is 5.73 Å². The van der Waals surface area contributed by atoms with Gasteiger partial charge in [0, 0.05) is 12.1 Å². The molecule has 1 aromatic carbocycles. The molecule has 0 aromatic heterocycles. The van der Waals surface area contributed by atoms with Gasteiger partial charge in [-0.25, -0.2) is 4.79 Å². The molecule has 0 atom stereocenters. The highest BCUT2D eigenvalue weighted by Crippen LogP contribution is 2.23. The third kappa shape index (κ3) is 4.79. The summed E-state index contributed by atoms with van der Waals surface area (Å²) in [7, 11) is 0. The van der Waals surface area contributed by atoms with E-state index in [4.69, 9.17) is 10.5 Å². The molecule has 0 unspecified atom stereocenters. The minimum atomic E-state index is -0.575. The first-order valence-corrected chi connectivity index (χ1v) is 5.64. The molecule has 0 spiro atoms. The van der Waals surface area contributed by atoms with Crippen LogP contribution in [0.5, 0.6) is 0 Å². The average Bonchev–Trinajstić information content (AvgIpc) is 2.25. The van der Waals surface area contributed by atoms with Gasteiger partial charge >= 0.3 is 5.97 Å². The van der Waals surface area contributed by atoms with Gasteiger partial charge in [0.05, 0.1) is 4.92 Å². The number of hydrogen-bond donors (Lipinski definition) is 1. The number of benzene rings is 1. The molecule has 0 fully saturated rings. The van der Waals surface area contributed by atoms with E-state index in [9.17, 15) is 14.9 Å². The molecule has 0 aliphatic heterocycles. The Morgan fingerprint density at radius 2 is 2.05 bits per heavy atom. The van der Waals surface area contributed by atoms with Crippen LogP contribution in [0, 0.1) is 10.1 Å². The number of nitro benzene ring substituents is 1. The fourth-order valence-corrected chi connectivity index (χ4v) is 1.32. The molecule has 1 aromatic rings. The maximum absolute atomic E-state index is 11.5. The van der Waals surface area contributed by atoms with Crippen LogP contribution in [0.3, 0.4) is 0 Å². The van der Waals surface area contributed by atoms with Crippen molar-refractivity contribution in [2.75, 3.05) is 5.73 Å². The number of nitrogens with two attached hydrogens (primary N) is 1. The van der Waals surface area contributed by atoms with Gasteiger partial charge in [-0.1, -0.05) is 6.07 Å². The number of anilines is 1. The van der Waals surface area contributed by atoms with Gasteiger partial charge in [0.1, 0.15) is 11.3 Å². The first kappa shape index (κ1) is 14.7. The fraction of sp³-hybridized carbons (Fsp3) is 0.308. The van der Waals surface area contributed by atoms with E-state index >= 15 is 0 Å². The van der Waals surface area contributed by atoms with Crippen molar-refractivity contribution < 1.29 is 14.5 Å². The lowest BCUT2D eigenvalue weighted by molar-refractivity contribution is -0.383. The summed E-state index contributed by atoms with van der Waals surface area (Å²) in [5.74, 6) is -0.507. The predicted octanol–water partition coefficient (Wildman–Crippen LogP) is 2.53. The molecule has 102 valence electrons. The molecule has 6 nitrogen and oxygen atoms in total. The van der Waals surface area contributed by atoms with Crippen LogP contribution >= 0.6 is 0 Å². The van der Waals surface area contributed by atoms with Gasteiger partial charge in [-0.2, -0.15) is 0 Å². The number of rotatable bonds is 3. The van der Waals surface area contributed by atoms with E-state index in [1.54, 1.807) is 26.8 Å². The summed E-state index contributed by atoms with van der Waals surface area (Å²) < 4.78 is 5.08. The second-order valence-corrected chi connectivity index (χ2v) is 4.94. The monoisotopic (exact) mass is 264 g/mol. The molecular weight excluding hydrogens is 248 g/mol. The van der Waals surface area contributed by atoms with E-state index in [0.717, 1.165) is 0 Å². The van der Waals surface area contributed by atoms with Crippen LogP contribution in [0.1, 0.15) is 26.3 Å². The lowest BCUT2D eigenvalue weighted by Gasteiger charge is -2.17. The van der Waals surface area contributed by atoms with Gasteiger partial charge in [-0.15, -0.1) is 0 Å². The number of ether oxygens (including phenoxy) is 1. The molecule has 0 saturated carbocycles. The van der Waals surface area contributed by atoms with Gasteiger partial charge in [0.15, 0.2) is 0 Å². The highest BCUT2D eigenvalue weighted by molar-refractivity contribution is 5.87. The van der Waals surface area contributed by atoms with Crippen LogP contribution in [0.15, 0.2) is 24.3 Å². The first-order chi connectivity index (χ1) is 8.69. The Hall–Kier alpha value is -2.37. The molecule has 0 amide bonds. The maximum Gasteiger partial charge on any atom is 0.331 e. The molecular formula is C13H16N2O4. The van der Waals surface area contributed by atoms with Gasteiger partial charge in [-0.05, 0) is 38.5 Å². The van der Waals surface area contributed by atoms with E-state index in [1.165, 1.54) is 24.3 Å². The number of carbonyl (C=O) groups excluding carboxylic acids is 1. The van der Waals surface area contributed by atoms with E-state index in [1.807, 2.05) is 0 Å². The third-order valence-electron chi connectivity index (χ3n) is 2.07. The number of nitrogens with zero attached hydrogens (tertiary/aromatic N) is 1. The number of esters is 1. The number of nitrogen functional groups attached to an aromatic ring is 1. The van der Waals surface area contributed by atoms with Crippen molar-refractivity contribution in [3.63, 3.8) is 0 Å². The van der Waals surface area contributed by atoms with Gasteiger partial charge < -0.3 is 10.5 Å². The smallest absolute Gasteiger partial charge is 0.331 e. The summed E-state index contributed by atoms with van der Waals surface area (Å²) in [5.41, 5.74) is 5.30. The summed E-state index contributed by atoms with van der Waals surface area (Å²) in [6.45, 7) is 5.27. The lowest BCUT2D eigenvalue weighted by atomic mass is 10.1. The molecule has 19 heavy (non-hydrogen) atoms. The van der Waals surface area contributed by atoms with Crippen LogP contribution in [0.4, 0.5) is 11.4 Å². The highest BCUT2D eigenvalue weighted by atomic mass is 16.6. The minimum absolute atomic E-state index is 0.0828. The second-order valence-electron chi connectivity index (χ2n) is 4.94. The standard InChI is InChI=1S/C13H16N2O4/c1-13(2,3)19-12(16)7-5-9-4-6-10(14)11(8-9)15(17)18/h4-8H,14H2,1-3H3/b7-5+. The predicted molar refractivity (Wildman–Crippen MR) is 72.4 cm³/mol. The van der Waals surface area contributed by atoms with Crippen molar-refractivity contribution in [1.29, 1.82) is 0 Å². The van der Waals surface area contributed by atoms with E-state index in [0.29, 0.717) is 5.56 Å². The fourth-order valence-electron chi connectivity index (χ4n) is 1.32. The van der Waals surface area contributed by atoms with Crippen LogP contribution in [-0.2, 0) is 9.53 Å². The molecule has 0 bridgehead atoms. The Balaban J connectivity index is 2.86. The number of carbonyl (C=O) groups is 1. The van der Waals surface area contributed by atoms with E-state index in [2.05, 4.69) is 0 Å². The SMILES string of the molecule is CC(C)(C)OC(=O)/C=C/c1ccc(N)c([N+](=O)[O-])c1. The van der Waals surface area contributed by atoms with Gasteiger partial charge in [-0.3, -0.25) is 10.1 Å². The topological polar surface area (TPSA) is 95.5 Å². The van der Waals surface area contributed by atoms with Gasteiger partial charge in [0.25, 0.3) is 5.69 Å². The molecule has 2 N–H and O–H groups in total. The largest absolute Gasteiger partial charge is 0.457 e. The normalized spacial score (nSPS) is 11.5. The summed E-state index contributed by atoms with van der Waals surface area (Å²) in [6, 6.07) is 4.31. The van der Waals surface area contributed by atoms with E-state index in [-0.39, 0.29) is 11.4 Å². The van der Waals surface area contributed by atoms with E-state index < -0.39 is 16.5 Å². The zero-order valence-electron chi connectivity index (χ0n) is 11.0. The van der Waals surface area contributed by atoms with Crippen LogP contribution in [0.25, 0.3) is 6.08 Å². The summed E-state index contributed by atoms with van der Waals surface area (Å²) in [6.07, 6.45) is 2.67. The summed E-state index contributed by atoms with van der Waals surface area (Å²) in [5, 5.41) is 10.7. The number of hydrogen-bond acceptors (Lipinski definition) is 5. The first-order valence-electron chi connectivity index (χ1n) is 5.64. The molecule has 0 aliphatic carbocycles. The number of nitro groups is 1. The second kappa shape index (κ2) is 5.51. The van der Waals surface area contributed by atoms with Crippen molar-refractivity contribution in [1.82, 2.24) is 0 Å². The highest BCUT2D eigenvalue weighted by Gasteiger charge is 2.14. The third-order valence-corrected chi connectivity index (χ3v) is 2.07. The Kier molecular flexibility index (Phi) is 4.26. The summed E-state index contributed by atoms with van der Waals surface area (Å²) in [4.78, 5) is 21.6. The summed E-state index contributed by atoms with van der Waals surface area (Å²) >= 11 is 0. The lowest BCUT2D eigenvalue weighted by Crippen LogP contribution is -2.22. The van der Waals surface area contributed by atoms with Crippen molar-refractivity contribution in [2.24, 2.45) is 0 Å². The Labute approximate surface area is 111 Å². The molecule has 6 heteroatoms. The zero-order chi connectivity index (χ0) is 14.6.